The maximum Gasteiger partial charge on any atom is 0.246 e. The number of aliphatic hydroxyl groups is 1. The number of nitrogens with zero attached hydrogens (tertiary/aromatic N) is 8. The number of amides is 3. The highest BCUT2D eigenvalue weighted by Crippen LogP contribution is 2.35. The third-order valence-electron chi connectivity index (χ3n) is 15.8. The van der Waals surface area contributed by atoms with E-state index in [0.29, 0.717) is 5.88 Å². The van der Waals surface area contributed by atoms with Crippen molar-refractivity contribution in [2.75, 3.05) is 65.4 Å². The van der Waals surface area contributed by atoms with Crippen LogP contribution < -0.4 is 15.4 Å². The largest absolute Gasteiger partial charge is 0.474 e. The monoisotopic (exact) mass is 1020 g/mol. The summed E-state index contributed by atoms with van der Waals surface area (Å²) in [5.41, 5.74) is 8.68. The zero-order valence-electron chi connectivity index (χ0n) is 43.7. The van der Waals surface area contributed by atoms with Gasteiger partial charge in [-0.2, -0.15) is 0 Å². The SMILES string of the molecule is Cc1ncsc1-c1ccc([C@H](C)NC(=O)[C@@H]2C[C@@H](O)CN2C(=O)[C@@H](NC(=O)CN2CCN(CCN3CCC(OC4CC(Oc5ccc(-c6ccc7c8cnccc8n(C)c7c6)cn5)C4)CC3)CC2)C(C)(C)C)cc1. The fourth-order valence-corrected chi connectivity index (χ4v) is 12.0. The van der Waals surface area contributed by atoms with E-state index in [1.165, 1.54) is 21.3 Å². The topological polar surface area (TPSA) is 171 Å². The molecule has 17 heteroatoms. The van der Waals surface area contributed by atoms with Crippen molar-refractivity contribution in [2.45, 2.75) is 109 Å². The van der Waals surface area contributed by atoms with E-state index in [4.69, 9.17) is 9.47 Å². The zero-order valence-corrected chi connectivity index (χ0v) is 44.5. The van der Waals surface area contributed by atoms with Crippen LogP contribution in [0.4, 0.5) is 0 Å². The van der Waals surface area contributed by atoms with Crippen molar-refractivity contribution < 1.29 is 29.0 Å². The molecule has 1 saturated carbocycles. The summed E-state index contributed by atoms with van der Waals surface area (Å²) >= 11 is 1.59. The van der Waals surface area contributed by atoms with Crippen LogP contribution in [0.1, 0.15) is 77.1 Å². The Morgan fingerprint density at radius 2 is 1.49 bits per heavy atom. The number of carbonyl (C=O) groups excluding carboxylic acids is 3. The number of rotatable bonds is 16. The van der Waals surface area contributed by atoms with Crippen LogP contribution in [0.5, 0.6) is 5.88 Å². The Balaban J connectivity index is 0.611. The van der Waals surface area contributed by atoms with Gasteiger partial charge in [-0.05, 0) is 67.0 Å². The molecular weight excluding hydrogens is 953 g/mol. The number of nitrogens with one attached hydrogen (secondary N) is 2. The molecule has 4 fully saturated rings. The molecule has 4 atom stereocenters. The summed E-state index contributed by atoms with van der Waals surface area (Å²) in [4.78, 5) is 64.7. The fraction of sp³-hybridized carbons (Fsp3) is 0.509. The third-order valence-corrected chi connectivity index (χ3v) is 16.7. The molecule has 4 aliphatic rings. The van der Waals surface area contributed by atoms with Crippen LogP contribution in [0.25, 0.3) is 43.4 Å². The maximum absolute atomic E-state index is 14.3. The van der Waals surface area contributed by atoms with Gasteiger partial charge in [0, 0.05) is 132 Å². The van der Waals surface area contributed by atoms with E-state index < -0.39 is 23.6 Å². The number of thiazole rings is 1. The van der Waals surface area contributed by atoms with Gasteiger partial charge >= 0.3 is 0 Å². The molecule has 10 rings (SSSR count). The van der Waals surface area contributed by atoms with Gasteiger partial charge < -0.3 is 39.6 Å². The Morgan fingerprint density at radius 3 is 2.18 bits per heavy atom. The number of piperazine rings is 1. The summed E-state index contributed by atoms with van der Waals surface area (Å²) in [6.45, 7) is 17.2. The Kier molecular flexibility index (Phi) is 15.5. The molecule has 3 saturated heterocycles. The Morgan fingerprint density at radius 1 is 0.784 bits per heavy atom. The van der Waals surface area contributed by atoms with Gasteiger partial charge in [0.05, 0.1) is 52.5 Å². The first-order chi connectivity index (χ1) is 35.6. The number of β-amino-alcohol motifs (C(OH)–C–C–N with tert-alkyl or cyclic N) is 1. The summed E-state index contributed by atoms with van der Waals surface area (Å²) in [6, 6.07) is 18.6. The average Bonchev–Trinajstić information content (AvgIpc) is 4.09. The quantitative estimate of drug-likeness (QED) is 0.0952. The lowest BCUT2D eigenvalue weighted by atomic mass is 9.85. The summed E-state index contributed by atoms with van der Waals surface area (Å²) < 4.78 is 15.0. The minimum Gasteiger partial charge on any atom is -0.474 e. The molecule has 74 heavy (non-hydrogen) atoms. The van der Waals surface area contributed by atoms with E-state index in [2.05, 4.69) is 82.2 Å². The highest BCUT2D eigenvalue weighted by molar-refractivity contribution is 7.13. The standard InChI is InChI=1S/C57H72N10O6S/c1-36(38-7-9-39(10-8-38)53-37(2)60-35-74-53)61-55(70)50-28-42(68)33-67(50)56(71)54(57(3,4)5)62-51(69)34-66-25-23-65(24-26-66)22-21-64-19-16-43(17-20-64)72-44-29-45(30-44)73-52-14-12-41(31-59-52)40-11-13-46-47-32-58-18-15-48(47)63(6)49(46)27-40/h7-15,18,27,31-32,35-36,42-45,50,54,68H,16-17,19-26,28-30,33-34H2,1-6H3,(H,61,70)(H,62,69)/t36-,42+,44?,45?,50-,54+/m0/s1. The van der Waals surface area contributed by atoms with Gasteiger partial charge in [-0.1, -0.05) is 57.2 Å². The number of hydrogen-bond donors (Lipinski definition) is 3. The van der Waals surface area contributed by atoms with Crippen LogP contribution in [0.15, 0.2) is 84.8 Å². The van der Waals surface area contributed by atoms with E-state index in [1.54, 1.807) is 11.3 Å². The second kappa shape index (κ2) is 22.2. The molecule has 0 radical (unpaired) electrons. The highest BCUT2D eigenvalue weighted by atomic mass is 32.1. The highest BCUT2D eigenvalue weighted by Gasteiger charge is 2.45. The van der Waals surface area contributed by atoms with Crippen LogP contribution in [0, 0.1) is 12.3 Å². The summed E-state index contributed by atoms with van der Waals surface area (Å²) in [5.74, 6) is -0.255. The number of aryl methyl sites for hydroxylation is 2. The van der Waals surface area contributed by atoms with Crippen LogP contribution >= 0.6 is 11.3 Å². The second-order valence-electron chi connectivity index (χ2n) is 22.1. The number of aliphatic hydroxyl groups excluding tert-OH is 1. The number of fused-ring (bicyclic) bond motifs is 3. The van der Waals surface area contributed by atoms with E-state index in [1.807, 2.05) is 89.1 Å². The van der Waals surface area contributed by atoms with Crippen LogP contribution in [-0.4, -0.2) is 164 Å². The van der Waals surface area contributed by atoms with Gasteiger partial charge in [-0.15, -0.1) is 11.3 Å². The molecule has 6 aromatic rings. The van der Waals surface area contributed by atoms with Crippen molar-refractivity contribution in [1.29, 1.82) is 0 Å². The average molecular weight is 1030 g/mol. The van der Waals surface area contributed by atoms with E-state index >= 15 is 0 Å². The Labute approximate surface area is 438 Å². The van der Waals surface area contributed by atoms with E-state index in [9.17, 15) is 19.5 Å². The lowest BCUT2D eigenvalue weighted by Crippen LogP contribution is -2.59. The molecule has 2 aromatic carbocycles. The predicted octanol–water partition coefficient (Wildman–Crippen LogP) is 6.60. The number of likely N-dealkylation sites (tertiary alicyclic amines) is 2. The molecule has 0 spiro atoms. The zero-order chi connectivity index (χ0) is 51.7. The lowest BCUT2D eigenvalue weighted by molar-refractivity contribution is -0.144. The number of piperidine rings is 1. The predicted molar refractivity (Wildman–Crippen MR) is 289 cm³/mol. The van der Waals surface area contributed by atoms with Crippen molar-refractivity contribution in [3.63, 3.8) is 0 Å². The summed E-state index contributed by atoms with van der Waals surface area (Å²) in [5, 5.41) is 19.2. The number of carbonyl (C=O) groups is 3. The Hall–Kier alpha value is -5.82. The van der Waals surface area contributed by atoms with Crippen molar-refractivity contribution in [1.82, 2.24) is 49.8 Å². The normalized spacial score (nSPS) is 22.2. The number of hydrogen-bond acceptors (Lipinski definition) is 13. The number of ether oxygens (including phenoxy) is 2. The molecule has 7 heterocycles. The second-order valence-corrected chi connectivity index (χ2v) is 22.9. The Bertz CT molecular complexity index is 2920. The van der Waals surface area contributed by atoms with Crippen LogP contribution in [0.3, 0.4) is 0 Å². The van der Waals surface area contributed by atoms with Gasteiger partial charge in [0.15, 0.2) is 0 Å². The van der Waals surface area contributed by atoms with Crippen LogP contribution in [-0.2, 0) is 26.2 Å². The molecule has 3 N–H and O–H groups in total. The van der Waals surface area contributed by atoms with Gasteiger partial charge in [0.1, 0.15) is 18.2 Å². The van der Waals surface area contributed by atoms with Crippen LogP contribution in [0.2, 0.25) is 0 Å². The van der Waals surface area contributed by atoms with Gasteiger partial charge in [0.25, 0.3) is 0 Å². The summed E-state index contributed by atoms with van der Waals surface area (Å²) in [6.07, 6.45) is 9.41. The molecule has 392 valence electrons. The summed E-state index contributed by atoms with van der Waals surface area (Å²) in [7, 11) is 2.10. The first-order valence-electron chi connectivity index (χ1n) is 26.5. The number of aromatic nitrogens is 4. The third kappa shape index (κ3) is 11.7. The van der Waals surface area contributed by atoms with Crippen molar-refractivity contribution >= 4 is 50.9 Å². The van der Waals surface area contributed by atoms with Gasteiger partial charge in [-0.3, -0.25) is 29.2 Å². The first kappa shape index (κ1) is 51.7. The molecule has 16 nitrogen and oxygen atoms in total. The molecule has 0 unspecified atom stereocenters. The van der Waals surface area contributed by atoms with Crippen molar-refractivity contribution in [3.8, 4) is 27.4 Å². The molecule has 1 aliphatic carbocycles. The number of pyridine rings is 2. The minimum atomic E-state index is -0.873. The lowest BCUT2D eigenvalue weighted by Gasteiger charge is -2.40. The minimum absolute atomic E-state index is 0.0304. The number of benzene rings is 2. The molecular formula is C57H72N10O6S. The smallest absolute Gasteiger partial charge is 0.246 e. The molecule has 4 aromatic heterocycles. The maximum atomic E-state index is 14.3. The van der Waals surface area contributed by atoms with Crippen molar-refractivity contribution in [3.05, 3.63) is 96.0 Å². The van der Waals surface area contributed by atoms with E-state index in [-0.39, 0.29) is 61.6 Å². The van der Waals surface area contributed by atoms with Crippen molar-refractivity contribution in [2.24, 2.45) is 12.5 Å². The molecule has 3 amide bonds. The molecule has 0 bridgehead atoms. The fourth-order valence-electron chi connectivity index (χ4n) is 11.2. The van der Waals surface area contributed by atoms with Gasteiger partial charge in [0.2, 0.25) is 23.6 Å². The first-order valence-corrected chi connectivity index (χ1v) is 27.4. The van der Waals surface area contributed by atoms with Gasteiger partial charge in [-0.25, -0.2) is 9.97 Å². The van der Waals surface area contributed by atoms with E-state index in [0.717, 1.165) is 116 Å². The molecule has 3 aliphatic heterocycles.